The van der Waals surface area contributed by atoms with Crippen LogP contribution in [0.5, 0.6) is 0 Å². The zero-order valence-corrected chi connectivity index (χ0v) is 9.58. The molecule has 0 bridgehead atoms. The lowest BCUT2D eigenvalue weighted by molar-refractivity contribution is -0.137. The van der Waals surface area contributed by atoms with Crippen LogP contribution in [0.1, 0.15) is 52.4 Å². The third-order valence-corrected chi connectivity index (χ3v) is 2.17. The highest BCUT2D eigenvalue weighted by atomic mass is 16.4. The van der Waals surface area contributed by atoms with E-state index in [0.29, 0.717) is 19.3 Å². The van der Waals surface area contributed by atoms with Crippen molar-refractivity contribution in [1.29, 1.82) is 0 Å². The maximum absolute atomic E-state index is 11.3. The van der Waals surface area contributed by atoms with Crippen molar-refractivity contribution in [2.24, 2.45) is 0 Å². The van der Waals surface area contributed by atoms with Crippen molar-refractivity contribution in [2.75, 3.05) is 0 Å². The maximum atomic E-state index is 11.3. The number of hydrogen-bond acceptors (Lipinski definition) is 2. The molecule has 0 aliphatic heterocycles. The van der Waals surface area contributed by atoms with E-state index in [2.05, 4.69) is 12.2 Å². The fraction of sp³-hybridized carbons (Fsp3) is 0.818. The number of rotatable bonds is 8. The molecular formula is C11H21NO3. The molecule has 0 saturated carbocycles. The first-order valence-corrected chi connectivity index (χ1v) is 5.57. The first-order valence-electron chi connectivity index (χ1n) is 5.57. The van der Waals surface area contributed by atoms with E-state index >= 15 is 0 Å². The first-order chi connectivity index (χ1) is 7.06. The van der Waals surface area contributed by atoms with Crippen LogP contribution in [0.4, 0.5) is 0 Å². The minimum atomic E-state index is -0.797. The van der Waals surface area contributed by atoms with Gasteiger partial charge in [0.2, 0.25) is 5.91 Å². The van der Waals surface area contributed by atoms with E-state index in [1.54, 1.807) is 0 Å². The fourth-order valence-electron chi connectivity index (χ4n) is 1.41. The summed E-state index contributed by atoms with van der Waals surface area (Å²) in [6, 6.07) is 0.224. The number of nitrogens with one attached hydrogen (secondary N) is 1. The lowest BCUT2D eigenvalue weighted by Crippen LogP contribution is -2.32. The van der Waals surface area contributed by atoms with Crippen LogP contribution < -0.4 is 5.32 Å². The van der Waals surface area contributed by atoms with Gasteiger partial charge >= 0.3 is 5.97 Å². The molecule has 0 aromatic rings. The third kappa shape index (κ3) is 9.25. The zero-order chi connectivity index (χ0) is 11.7. The molecule has 1 unspecified atom stereocenters. The molecule has 0 aliphatic rings. The Labute approximate surface area is 91.1 Å². The minimum absolute atomic E-state index is 0.0290. The number of unbranched alkanes of at least 4 members (excludes halogenated alkanes) is 1. The van der Waals surface area contributed by atoms with Gasteiger partial charge in [0.25, 0.3) is 0 Å². The number of carbonyl (C=O) groups excluding carboxylic acids is 1. The molecule has 88 valence electrons. The van der Waals surface area contributed by atoms with Crippen LogP contribution in [-0.2, 0) is 9.59 Å². The predicted octanol–water partition coefficient (Wildman–Crippen LogP) is 1.94. The van der Waals surface area contributed by atoms with Gasteiger partial charge in [-0.1, -0.05) is 13.3 Å². The largest absolute Gasteiger partial charge is 0.481 e. The van der Waals surface area contributed by atoms with Gasteiger partial charge in [-0.25, -0.2) is 0 Å². The van der Waals surface area contributed by atoms with E-state index in [4.69, 9.17) is 5.11 Å². The van der Waals surface area contributed by atoms with Crippen LogP contribution >= 0.6 is 0 Å². The number of carbonyl (C=O) groups is 2. The Morgan fingerprint density at radius 3 is 2.40 bits per heavy atom. The number of carboxylic acids is 1. The molecule has 0 fully saturated rings. The van der Waals surface area contributed by atoms with Crippen molar-refractivity contribution < 1.29 is 14.7 Å². The highest BCUT2D eigenvalue weighted by Gasteiger charge is 2.06. The van der Waals surface area contributed by atoms with Crippen LogP contribution in [0.15, 0.2) is 0 Å². The Kier molecular flexibility index (Phi) is 7.68. The topological polar surface area (TPSA) is 66.4 Å². The van der Waals surface area contributed by atoms with Crippen LogP contribution in [-0.4, -0.2) is 23.0 Å². The summed E-state index contributed by atoms with van der Waals surface area (Å²) in [7, 11) is 0. The Bertz CT molecular complexity index is 204. The van der Waals surface area contributed by atoms with Crippen molar-refractivity contribution in [2.45, 2.75) is 58.4 Å². The average Bonchev–Trinajstić information content (AvgIpc) is 2.12. The molecule has 0 aromatic carbocycles. The number of carboxylic acid groups (broad SMARTS) is 1. The summed E-state index contributed by atoms with van der Waals surface area (Å²) in [4.78, 5) is 21.5. The third-order valence-electron chi connectivity index (χ3n) is 2.17. The van der Waals surface area contributed by atoms with E-state index in [1.807, 2.05) is 6.92 Å². The van der Waals surface area contributed by atoms with Crippen LogP contribution in [0.2, 0.25) is 0 Å². The molecule has 0 saturated heterocycles. The molecule has 0 aromatic heterocycles. The fourth-order valence-corrected chi connectivity index (χ4v) is 1.41. The second-order valence-corrected chi connectivity index (χ2v) is 3.86. The van der Waals surface area contributed by atoms with Crippen molar-refractivity contribution in [3.8, 4) is 0 Å². The summed E-state index contributed by atoms with van der Waals surface area (Å²) in [5.74, 6) is -0.768. The molecule has 0 aliphatic carbocycles. The molecule has 0 radical (unpaired) electrons. The highest BCUT2D eigenvalue weighted by Crippen LogP contribution is 2.01. The summed E-state index contributed by atoms with van der Waals surface area (Å²) in [6.07, 6.45) is 3.85. The molecular weight excluding hydrogens is 194 g/mol. The zero-order valence-electron chi connectivity index (χ0n) is 9.58. The van der Waals surface area contributed by atoms with Crippen molar-refractivity contribution in [3.05, 3.63) is 0 Å². The Hall–Kier alpha value is -1.06. The highest BCUT2D eigenvalue weighted by molar-refractivity contribution is 5.76. The van der Waals surface area contributed by atoms with Crippen LogP contribution in [0.3, 0.4) is 0 Å². The maximum Gasteiger partial charge on any atom is 0.303 e. The molecule has 1 amide bonds. The average molecular weight is 215 g/mol. The molecule has 4 nitrogen and oxygen atoms in total. The van der Waals surface area contributed by atoms with Gasteiger partial charge in [0.05, 0.1) is 0 Å². The second-order valence-electron chi connectivity index (χ2n) is 3.86. The van der Waals surface area contributed by atoms with E-state index in [9.17, 15) is 9.59 Å². The van der Waals surface area contributed by atoms with Gasteiger partial charge in [-0.05, 0) is 26.2 Å². The summed E-state index contributed by atoms with van der Waals surface area (Å²) in [6.45, 7) is 4.06. The quantitative estimate of drug-likeness (QED) is 0.608. The van der Waals surface area contributed by atoms with E-state index in [0.717, 1.165) is 12.8 Å². The first kappa shape index (κ1) is 13.9. The Morgan fingerprint density at radius 1 is 1.27 bits per heavy atom. The standard InChI is InChI=1S/C11H21NO3/c1-3-6-9(2)12-10(13)7-4-5-8-11(14)15/h9H,3-8H2,1-2H3,(H,12,13)(H,14,15). The molecule has 1 atom stereocenters. The SMILES string of the molecule is CCCC(C)NC(=O)CCCCC(=O)O. The van der Waals surface area contributed by atoms with E-state index < -0.39 is 5.97 Å². The van der Waals surface area contributed by atoms with Gasteiger partial charge in [0.15, 0.2) is 0 Å². The normalized spacial score (nSPS) is 12.1. The van der Waals surface area contributed by atoms with Crippen molar-refractivity contribution in [1.82, 2.24) is 5.32 Å². The van der Waals surface area contributed by atoms with Gasteiger partial charge in [-0.15, -0.1) is 0 Å². The smallest absolute Gasteiger partial charge is 0.303 e. The van der Waals surface area contributed by atoms with E-state index in [1.165, 1.54) is 0 Å². The summed E-state index contributed by atoms with van der Waals surface area (Å²) >= 11 is 0. The van der Waals surface area contributed by atoms with Gasteiger partial charge in [0, 0.05) is 18.9 Å². The summed E-state index contributed by atoms with van der Waals surface area (Å²) in [5, 5.41) is 11.3. The van der Waals surface area contributed by atoms with Gasteiger partial charge in [-0.2, -0.15) is 0 Å². The summed E-state index contributed by atoms with van der Waals surface area (Å²) in [5.41, 5.74) is 0. The lowest BCUT2D eigenvalue weighted by Gasteiger charge is -2.12. The van der Waals surface area contributed by atoms with Gasteiger partial charge in [-0.3, -0.25) is 9.59 Å². The molecule has 15 heavy (non-hydrogen) atoms. The van der Waals surface area contributed by atoms with Crippen LogP contribution in [0, 0.1) is 0 Å². The number of hydrogen-bond donors (Lipinski definition) is 2. The summed E-state index contributed by atoms with van der Waals surface area (Å²) < 4.78 is 0. The lowest BCUT2D eigenvalue weighted by atomic mass is 10.1. The Morgan fingerprint density at radius 2 is 1.87 bits per heavy atom. The predicted molar refractivity (Wildman–Crippen MR) is 58.6 cm³/mol. The van der Waals surface area contributed by atoms with Crippen LogP contribution in [0.25, 0.3) is 0 Å². The molecule has 0 heterocycles. The second kappa shape index (κ2) is 8.26. The molecule has 2 N–H and O–H groups in total. The number of amides is 1. The van der Waals surface area contributed by atoms with Gasteiger partial charge < -0.3 is 10.4 Å². The monoisotopic (exact) mass is 215 g/mol. The number of aliphatic carboxylic acids is 1. The molecule has 0 rings (SSSR count). The van der Waals surface area contributed by atoms with Crippen molar-refractivity contribution >= 4 is 11.9 Å². The molecule has 4 heteroatoms. The molecule has 0 spiro atoms. The minimum Gasteiger partial charge on any atom is -0.481 e. The Balaban J connectivity index is 3.44. The van der Waals surface area contributed by atoms with Crippen molar-refractivity contribution in [3.63, 3.8) is 0 Å². The van der Waals surface area contributed by atoms with Gasteiger partial charge in [0.1, 0.15) is 0 Å². The van der Waals surface area contributed by atoms with E-state index in [-0.39, 0.29) is 18.4 Å².